The van der Waals surface area contributed by atoms with Crippen molar-refractivity contribution in [3.05, 3.63) is 71.2 Å². The van der Waals surface area contributed by atoms with Gasteiger partial charge in [0, 0.05) is 11.7 Å². The molecule has 2 aromatic rings. The van der Waals surface area contributed by atoms with Crippen LogP contribution in [-0.2, 0) is 9.59 Å². The Morgan fingerprint density at radius 2 is 1.52 bits per heavy atom. The zero-order chi connectivity index (χ0) is 18.1. The molecular weight excluding hydrogens is 319 g/mol. The van der Waals surface area contributed by atoms with E-state index >= 15 is 0 Å². The third-order valence-electron chi connectivity index (χ3n) is 4.09. The summed E-state index contributed by atoms with van der Waals surface area (Å²) in [6.07, 6.45) is 0. The zero-order valence-electron chi connectivity index (χ0n) is 14.3. The smallest absolute Gasteiger partial charge is 0.278 e. The van der Waals surface area contributed by atoms with Crippen LogP contribution in [0.4, 0.5) is 10.1 Å². The summed E-state index contributed by atoms with van der Waals surface area (Å²) in [5.74, 6) is -1.07. The van der Waals surface area contributed by atoms with Crippen molar-refractivity contribution in [2.75, 3.05) is 5.32 Å². The van der Waals surface area contributed by atoms with Gasteiger partial charge in [0.25, 0.3) is 11.8 Å². The Balaban J connectivity index is 2.08. The quantitative estimate of drug-likeness (QED) is 0.864. The highest BCUT2D eigenvalue weighted by molar-refractivity contribution is 6.36. The van der Waals surface area contributed by atoms with Crippen molar-refractivity contribution in [2.24, 2.45) is 0 Å². The van der Waals surface area contributed by atoms with Crippen molar-refractivity contribution >= 4 is 23.1 Å². The summed E-state index contributed by atoms with van der Waals surface area (Å²) < 4.78 is 13.1. The van der Waals surface area contributed by atoms with Gasteiger partial charge in [-0.3, -0.25) is 14.5 Å². The van der Waals surface area contributed by atoms with Crippen LogP contribution in [0.15, 0.2) is 54.2 Å². The third kappa shape index (κ3) is 3.18. The second-order valence-corrected chi connectivity index (χ2v) is 6.32. The highest BCUT2D eigenvalue weighted by Gasteiger charge is 2.40. The summed E-state index contributed by atoms with van der Waals surface area (Å²) in [5.41, 5.74) is 2.84. The molecular formula is C20H19FN2O2. The fraction of sp³-hybridized carbons (Fsp3) is 0.200. The molecule has 0 saturated heterocycles. The molecule has 2 amide bonds. The molecule has 2 aromatic carbocycles. The van der Waals surface area contributed by atoms with E-state index in [1.165, 1.54) is 29.2 Å². The normalized spacial score (nSPS) is 14.7. The average molecular weight is 338 g/mol. The lowest BCUT2D eigenvalue weighted by Crippen LogP contribution is -2.38. The molecule has 0 aliphatic carbocycles. The maximum absolute atomic E-state index is 13.1. The molecule has 0 bridgehead atoms. The maximum atomic E-state index is 13.1. The summed E-state index contributed by atoms with van der Waals surface area (Å²) in [6.45, 7) is 5.55. The number of amides is 2. The lowest BCUT2D eigenvalue weighted by Gasteiger charge is -2.19. The minimum absolute atomic E-state index is 0.217. The van der Waals surface area contributed by atoms with Gasteiger partial charge >= 0.3 is 0 Å². The molecule has 128 valence electrons. The first-order chi connectivity index (χ1) is 11.9. The first-order valence-corrected chi connectivity index (χ1v) is 8.10. The molecule has 0 aromatic heterocycles. The lowest BCUT2D eigenvalue weighted by atomic mass is 10.0. The molecule has 5 heteroatoms. The molecule has 0 saturated carbocycles. The molecule has 25 heavy (non-hydrogen) atoms. The molecule has 1 aliphatic rings. The van der Waals surface area contributed by atoms with E-state index in [0.717, 1.165) is 5.56 Å². The van der Waals surface area contributed by atoms with Crippen molar-refractivity contribution in [2.45, 2.75) is 26.8 Å². The number of carbonyl (C=O) groups is 2. The zero-order valence-corrected chi connectivity index (χ0v) is 14.3. The molecule has 0 spiro atoms. The molecule has 1 heterocycles. The van der Waals surface area contributed by atoms with E-state index in [1.807, 2.05) is 31.2 Å². The molecule has 0 atom stereocenters. The number of hydrogen-bond acceptors (Lipinski definition) is 3. The molecule has 0 fully saturated rings. The maximum Gasteiger partial charge on any atom is 0.278 e. The van der Waals surface area contributed by atoms with Crippen LogP contribution < -0.4 is 5.32 Å². The second-order valence-electron chi connectivity index (χ2n) is 6.32. The Morgan fingerprint density at radius 1 is 0.920 bits per heavy atom. The van der Waals surface area contributed by atoms with Crippen molar-refractivity contribution in [1.82, 2.24) is 4.90 Å². The van der Waals surface area contributed by atoms with Gasteiger partial charge in [-0.25, -0.2) is 4.39 Å². The Kier molecular flexibility index (Phi) is 4.40. The highest BCUT2D eigenvalue weighted by atomic mass is 19.1. The minimum atomic E-state index is -0.375. The lowest BCUT2D eigenvalue weighted by molar-refractivity contribution is -0.138. The Labute approximate surface area is 146 Å². The molecule has 0 unspecified atom stereocenters. The van der Waals surface area contributed by atoms with E-state index < -0.39 is 0 Å². The highest BCUT2D eigenvalue weighted by Crippen LogP contribution is 2.31. The van der Waals surface area contributed by atoms with Gasteiger partial charge < -0.3 is 5.32 Å². The van der Waals surface area contributed by atoms with Gasteiger partial charge in [-0.15, -0.1) is 0 Å². The number of hydrogen-bond donors (Lipinski definition) is 1. The summed E-state index contributed by atoms with van der Waals surface area (Å²) in [4.78, 5) is 26.9. The summed E-state index contributed by atoms with van der Waals surface area (Å²) >= 11 is 0. The van der Waals surface area contributed by atoms with Crippen molar-refractivity contribution < 1.29 is 14.0 Å². The molecule has 1 N–H and O–H groups in total. The number of imide groups is 1. The SMILES string of the molecule is Cc1ccc(C2=C(Nc3ccc(F)cc3)C(=O)N(C(C)C)C2=O)cc1. The van der Waals surface area contributed by atoms with E-state index in [0.29, 0.717) is 16.8 Å². The van der Waals surface area contributed by atoms with E-state index in [1.54, 1.807) is 13.8 Å². The van der Waals surface area contributed by atoms with Crippen LogP contribution in [-0.4, -0.2) is 22.8 Å². The number of nitrogens with one attached hydrogen (secondary N) is 1. The van der Waals surface area contributed by atoms with E-state index in [9.17, 15) is 14.0 Å². The molecule has 0 radical (unpaired) electrons. The van der Waals surface area contributed by atoms with Crippen LogP contribution in [0, 0.1) is 12.7 Å². The monoisotopic (exact) mass is 338 g/mol. The Hall–Kier alpha value is -2.95. The van der Waals surface area contributed by atoms with Gasteiger partial charge in [-0.05, 0) is 50.6 Å². The number of nitrogens with zero attached hydrogens (tertiary/aromatic N) is 1. The second kappa shape index (κ2) is 6.51. The predicted molar refractivity (Wildman–Crippen MR) is 95.1 cm³/mol. The largest absolute Gasteiger partial charge is 0.350 e. The summed E-state index contributed by atoms with van der Waals surface area (Å²) in [7, 11) is 0. The van der Waals surface area contributed by atoms with Crippen LogP contribution in [0.2, 0.25) is 0 Å². The topological polar surface area (TPSA) is 49.4 Å². The predicted octanol–water partition coefficient (Wildman–Crippen LogP) is 3.73. The first-order valence-electron chi connectivity index (χ1n) is 8.10. The average Bonchev–Trinajstić information content (AvgIpc) is 2.81. The number of rotatable bonds is 4. The van der Waals surface area contributed by atoms with Gasteiger partial charge in [0.1, 0.15) is 11.5 Å². The standard InChI is InChI=1S/C20H19FN2O2/c1-12(2)23-19(24)17(14-6-4-13(3)5-7-14)18(20(23)25)22-16-10-8-15(21)9-11-16/h4-12,22H,1-3H3. The molecule has 1 aliphatic heterocycles. The fourth-order valence-electron chi connectivity index (χ4n) is 2.80. The van der Waals surface area contributed by atoms with Crippen LogP contribution in [0.3, 0.4) is 0 Å². The van der Waals surface area contributed by atoms with E-state index in [-0.39, 0.29) is 29.4 Å². The molecule has 4 nitrogen and oxygen atoms in total. The van der Waals surface area contributed by atoms with Crippen molar-refractivity contribution in [3.8, 4) is 0 Å². The van der Waals surface area contributed by atoms with Gasteiger partial charge in [0.15, 0.2) is 0 Å². The Bertz CT molecular complexity index is 852. The van der Waals surface area contributed by atoms with E-state index in [4.69, 9.17) is 0 Å². The number of halogens is 1. The first kappa shape index (κ1) is 16.9. The number of carbonyl (C=O) groups excluding carboxylic acids is 2. The third-order valence-corrected chi connectivity index (χ3v) is 4.09. The van der Waals surface area contributed by atoms with Gasteiger partial charge in [-0.2, -0.15) is 0 Å². The van der Waals surface area contributed by atoms with Crippen molar-refractivity contribution in [3.63, 3.8) is 0 Å². The fourth-order valence-corrected chi connectivity index (χ4v) is 2.80. The molecule has 3 rings (SSSR count). The van der Waals surface area contributed by atoms with Gasteiger partial charge in [0.2, 0.25) is 0 Å². The number of anilines is 1. The van der Waals surface area contributed by atoms with Crippen LogP contribution in [0.5, 0.6) is 0 Å². The number of benzene rings is 2. The van der Waals surface area contributed by atoms with Crippen LogP contribution >= 0.6 is 0 Å². The van der Waals surface area contributed by atoms with Crippen molar-refractivity contribution in [1.29, 1.82) is 0 Å². The van der Waals surface area contributed by atoms with Gasteiger partial charge in [0.05, 0.1) is 5.57 Å². The summed E-state index contributed by atoms with van der Waals surface area (Å²) in [5, 5.41) is 3.00. The number of aryl methyl sites for hydroxylation is 1. The van der Waals surface area contributed by atoms with E-state index in [2.05, 4.69) is 5.32 Å². The minimum Gasteiger partial charge on any atom is -0.350 e. The van der Waals surface area contributed by atoms with Crippen LogP contribution in [0.1, 0.15) is 25.0 Å². The van der Waals surface area contributed by atoms with Crippen LogP contribution in [0.25, 0.3) is 5.57 Å². The van der Waals surface area contributed by atoms with Gasteiger partial charge in [-0.1, -0.05) is 29.8 Å². The Morgan fingerprint density at radius 3 is 2.08 bits per heavy atom. The summed E-state index contributed by atoms with van der Waals surface area (Å²) in [6, 6.07) is 12.9.